The number of piperidine rings is 1. The molecule has 2 aromatic rings. The van der Waals surface area contributed by atoms with E-state index in [2.05, 4.69) is 5.32 Å². The fourth-order valence-electron chi connectivity index (χ4n) is 3.34. The third kappa shape index (κ3) is 5.02. The summed E-state index contributed by atoms with van der Waals surface area (Å²) in [6.45, 7) is 3.02. The van der Waals surface area contributed by atoms with Crippen molar-refractivity contribution < 1.29 is 9.59 Å². The van der Waals surface area contributed by atoms with Gasteiger partial charge in [-0.25, -0.2) is 0 Å². The molecule has 142 valence electrons. The Hall–Kier alpha value is -2.04. The van der Waals surface area contributed by atoms with Crippen molar-refractivity contribution in [3.8, 4) is 0 Å². The number of benzene rings is 2. The maximum absolute atomic E-state index is 12.7. The number of nitrogens with zero attached hydrogens (tertiary/aromatic N) is 1. The Morgan fingerprint density at radius 1 is 1.11 bits per heavy atom. The van der Waals surface area contributed by atoms with Crippen LogP contribution in [0.25, 0.3) is 0 Å². The van der Waals surface area contributed by atoms with E-state index in [-0.39, 0.29) is 23.8 Å². The second-order valence-corrected chi connectivity index (χ2v) is 7.76. The van der Waals surface area contributed by atoms with Crippen LogP contribution in [0.2, 0.25) is 10.0 Å². The van der Waals surface area contributed by atoms with E-state index in [1.165, 1.54) is 0 Å². The molecule has 0 aliphatic carbocycles. The summed E-state index contributed by atoms with van der Waals surface area (Å²) in [7, 11) is 0. The maximum Gasteiger partial charge on any atom is 0.253 e. The minimum absolute atomic E-state index is 0.0314. The Kier molecular flexibility index (Phi) is 6.40. The summed E-state index contributed by atoms with van der Waals surface area (Å²) in [5, 5.41) is 4.29. The van der Waals surface area contributed by atoms with Gasteiger partial charge in [0, 0.05) is 28.7 Å². The van der Waals surface area contributed by atoms with Gasteiger partial charge in [-0.3, -0.25) is 9.59 Å². The first-order chi connectivity index (χ1) is 12.9. The third-order valence-electron chi connectivity index (χ3n) is 4.88. The number of carbonyl (C=O) groups is 2. The Labute approximate surface area is 169 Å². The lowest BCUT2D eigenvalue weighted by Crippen LogP contribution is -2.45. The van der Waals surface area contributed by atoms with Crippen LogP contribution in [-0.4, -0.2) is 29.8 Å². The molecule has 2 atom stereocenters. The summed E-state index contributed by atoms with van der Waals surface area (Å²) < 4.78 is 0. The van der Waals surface area contributed by atoms with E-state index < -0.39 is 0 Å². The van der Waals surface area contributed by atoms with E-state index in [1.807, 2.05) is 25.1 Å². The predicted octanol–water partition coefficient (Wildman–Crippen LogP) is 4.72. The smallest absolute Gasteiger partial charge is 0.253 e. The highest BCUT2D eigenvalue weighted by molar-refractivity contribution is 6.30. The molecule has 27 heavy (non-hydrogen) atoms. The molecule has 3 rings (SSSR count). The van der Waals surface area contributed by atoms with Crippen molar-refractivity contribution in [2.45, 2.75) is 25.8 Å². The highest BCUT2D eigenvalue weighted by atomic mass is 35.5. The van der Waals surface area contributed by atoms with Gasteiger partial charge in [-0.05, 0) is 61.7 Å². The number of carbonyl (C=O) groups excluding carboxylic acids is 2. The lowest BCUT2D eigenvalue weighted by atomic mass is 9.95. The van der Waals surface area contributed by atoms with Crippen molar-refractivity contribution in [2.75, 3.05) is 13.1 Å². The van der Waals surface area contributed by atoms with Crippen molar-refractivity contribution in [2.24, 2.45) is 5.92 Å². The van der Waals surface area contributed by atoms with E-state index in [0.717, 1.165) is 18.4 Å². The van der Waals surface area contributed by atoms with Crippen LogP contribution >= 0.6 is 23.2 Å². The average Bonchev–Trinajstić information content (AvgIpc) is 2.68. The van der Waals surface area contributed by atoms with Gasteiger partial charge in [0.2, 0.25) is 5.91 Å². The summed E-state index contributed by atoms with van der Waals surface area (Å²) in [6, 6.07) is 14.2. The molecule has 1 N–H and O–H groups in total. The third-order valence-corrected chi connectivity index (χ3v) is 5.37. The number of amides is 2. The molecule has 2 unspecified atom stereocenters. The lowest BCUT2D eigenvalue weighted by molar-refractivity contribution is -0.127. The zero-order valence-corrected chi connectivity index (χ0v) is 16.6. The molecule has 0 saturated carbocycles. The molecule has 1 aliphatic heterocycles. The zero-order chi connectivity index (χ0) is 19.4. The zero-order valence-electron chi connectivity index (χ0n) is 15.1. The van der Waals surface area contributed by atoms with Gasteiger partial charge in [0.1, 0.15) is 0 Å². The van der Waals surface area contributed by atoms with Crippen molar-refractivity contribution in [3.63, 3.8) is 0 Å². The quantitative estimate of drug-likeness (QED) is 0.800. The number of halogens is 2. The molecule has 1 heterocycles. The summed E-state index contributed by atoms with van der Waals surface area (Å²) in [4.78, 5) is 27.2. The van der Waals surface area contributed by atoms with Crippen molar-refractivity contribution in [1.82, 2.24) is 10.2 Å². The first-order valence-corrected chi connectivity index (χ1v) is 9.80. The Bertz CT molecular complexity index is 823. The van der Waals surface area contributed by atoms with Crippen LogP contribution in [0.15, 0.2) is 48.5 Å². The SMILES string of the molecule is CC(NC(=O)C1CCCN(C(=O)c2ccc(Cl)cc2)C1)c1cccc(Cl)c1. The molecule has 4 nitrogen and oxygen atoms in total. The average molecular weight is 405 g/mol. The normalized spacial score (nSPS) is 18.0. The standard InChI is InChI=1S/C21H22Cl2N2O2/c1-14(16-4-2-6-19(23)12-16)24-20(26)17-5-3-11-25(13-17)21(27)15-7-9-18(22)10-8-15/h2,4,6-10,12,14,17H,3,5,11,13H2,1H3,(H,24,26). The molecule has 1 saturated heterocycles. The number of hydrogen-bond acceptors (Lipinski definition) is 2. The van der Waals surface area contributed by atoms with Crippen LogP contribution in [0.5, 0.6) is 0 Å². The van der Waals surface area contributed by atoms with Crippen LogP contribution in [0.3, 0.4) is 0 Å². The highest BCUT2D eigenvalue weighted by Crippen LogP contribution is 2.22. The van der Waals surface area contributed by atoms with Gasteiger partial charge in [0.15, 0.2) is 0 Å². The minimum Gasteiger partial charge on any atom is -0.349 e. The summed E-state index contributed by atoms with van der Waals surface area (Å²) in [6.07, 6.45) is 1.58. The molecular formula is C21H22Cl2N2O2. The first-order valence-electron chi connectivity index (χ1n) is 9.04. The van der Waals surface area contributed by atoms with E-state index in [4.69, 9.17) is 23.2 Å². The van der Waals surface area contributed by atoms with Crippen LogP contribution in [0, 0.1) is 5.92 Å². The van der Waals surface area contributed by atoms with E-state index in [9.17, 15) is 9.59 Å². The summed E-state index contributed by atoms with van der Waals surface area (Å²) in [5.41, 5.74) is 1.55. The van der Waals surface area contributed by atoms with Gasteiger partial charge in [0.25, 0.3) is 5.91 Å². The van der Waals surface area contributed by atoms with Crippen LogP contribution in [0.4, 0.5) is 0 Å². The number of rotatable bonds is 4. The van der Waals surface area contributed by atoms with E-state index >= 15 is 0 Å². The highest BCUT2D eigenvalue weighted by Gasteiger charge is 2.29. The van der Waals surface area contributed by atoms with Gasteiger partial charge in [-0.1, -0.05) is 35.3 Å². The monoisotopic (exact) mass is 404 g/mol. The van der Waals surface area contributed by atoms with Gasteiger partial charge < -0.3 is 10.2 Å². The molecule has 6 heteroatoms. The van der Waals surface area contributed by atoms with Gasteiger partial charge in [-0.15, -0.1) is 0 Å². The Morgan fingerprint density at radius 3 is 2.56 bits per heavy atom. The lowest BCUT2D eigenvalue weighted by Gasteiger charge is -2.32. The molecule has 0 spiro atoms. The predicted molar refractivity (Wildman–Crippen MR) is 108 cm³/mol. The Balaban J connectivity index is 1.62. The number of nitrogens with one attached hydrogen (secondary N) is 1. The topological polar surface area (TPSA) is 49.4 Å². The molecule has 2 amide bonds. The number of likely N-dealkylation sites (tertiary alicyclic amines) is 1. The summed E-state index contributed by atoms with van der Waals surface area (Å²) >= 11 is 11.9. The van der Waals surface area contributed by atoms with E-state index in [1.54, 1.807) is 35.2 Å². The maximum atomic E-state index is 12.7. The molecule has 1 fully saturated rings. The van der Waals surface area contributed by atoms with Gasteiger partial charge in [0.05, 0.1) is 12.0 Å². The van der Waals surface area contributed by atoms with Crippen molar-refractivity contribution >= 4 is 35.0 Å². The van der Waals surface area contributed by atoms with Crippen molar-refractivity contribution in [3.05, 3.63) is 69.7 Å². The van der Waals surface area contributed by atoms with Gasteiger partial charge in [-0.2, -0.15) is 0 Å². The summed E-state index contributed by atoms with van der Waals surface area (Å²) in [5.74, 6) is -0.306. The van der Waals surface area contributed by atoms with Crippen LogP contribution < -0.4 is 5.32 Å². The van der Waals surface area contributed by atoms with Crippen LogP contribution in [0.1, 0.15) is 41.7 Å². The molecule has 0 bridgehead atoms. The fraction of sp³-hybridized carbons (Fsp3) is 0.333. The van der Waals surface area contributed by atoms with E-state index in [0.29, 0.717) is 28.7 Å². The van der Waals surface area contributed by atoms with Crippen LogP contribution in [-0.2, 0) is 4.79 Å². The largest absolute Gasteiger partial charge is 0.349 e. The molecule has 0 radical (unpaired) electrons. The molecule has 1 aliphatic rings. The second-order valence-electron chi connectivity index (χ2n) is 6.88. The first kappa shape index (κ1) is 19.7. The molecule has 0 aromatic heterocycles. The molecular weight excluding hydrogens is 383 g/mol. The minimum atomic E-state index is -0.211. The number of hydrogen-bond donors (Lipinski definition) is 1. The molecule has 2 aromatic carbocycles. The Morgan fingerprint density at radius 2 is 1.85 bits per heavy atom. The second kappa shape index (κ2) is 8.77. The van der Waals surface area contributed by atoms with Crippen molar-refractivity contribution in [1.29, 1.82) is 0 Å². The fourth-order valence-corrected chi connectivity index (χ4v) is 3.67. The van der Waals surface area contributed by atoms with Gasteiger partial charge >= 0.3 is 0 Å².